The molecule has 1 N–H and O–H groups in total. The molecule has 22 heavy (non-hydrogen) atoms. The molecule has 1 fully saturated rings. The molecule has 1 aliphatic rings. The fourth-order valence-corrected chi connectivity index (χ4v) is 4.75. The smallest absolute Gasteiger partial charge is 0.282 e. The maximum absolute atomic E-state index is 12.4. The lowest BCUT2D eigenvalue weighted by Crippen LogP contribution is -2.48. The molecule has 0 aliphatic carbocycles. The standard InChI is InChI=1S/C13H19N3O4S2/c1-15(2)22(18,19)16-9-21-8-12(16)13(17)14-10-4-6-11(20-3)7-5-10/h4-7,12H,8-9H2,1-3H3,(H,14,17). The predicted molar refractivity (Wildman–Crippen MR) is 87.2 cm³/mol. The van der Waals surface area contributed by atoms with E-state index in [1.165, 1.54) is 30.2 Å². The lowest BCUT2D eigenvalue weighted by Gasteiger charge is -2.25. The number of ether oxygens (including phenoxy) is 1. The van der Waals surface area contributed by atoms with E-state index in [9.17, 15) is 13.2 Å². The van der Waals surface area contributed by atoms with Crippen molar-refractivity contribution in [1.29, 1.82) is 0 Å². The molecule has 1 aliphatic heterocycles. The third kappa shape index (κ3) is 3.54. The quantitative estimate of drug-likeness (QED) is 0.855. The second kappa shape index (κ2) is 6.86. The van der Waals surface area contributed by atoms with Gasteiger partial charge in [-0.05, 0) is 24.3 Å². The highest BCUT2D eigenvalue weighted by atomic mass is 32.2. The zero-order valence-corrected chi connectivity index (χ0v) is 14.3. The number of carbonyl (C=O) groups excluding carboxylic acids is 1. The molecule has 0 bridgehead atoms. The highest BCUT2D eigenvalue weighted by Crippen LogP contribution is 2.26. The van der Waals surface area contributed by atoms with Crippen molar-refractivity contribution in [1.82, 2.24) is 8.61 Å². The van der Waals surface area contributed by atoms with Gasteiger partial charge >= 0.3 is 0 Å². The molecule has 1 saturated heterocycles. The lowest BCUT2D eigenvalue weighted by molar-refractivity contribution is -0.118. The molecule has 1 aromatic carbocycles. The van der Waals surface area contributed by atoms with Gasteiger partial charge in [-0.15, -0.1) is 11.8 Å². The van der Waals surface area contributed by atoms with E-state index in [1.54, 1.807) is 31.4 Å². The average molecular weight is 345 g/mol. The van der Waals surface area contributed by atoms with E-state index in [0.29, 0.717) is 17.2 Å². The second-order valence-electron chi connectivity index (χ2n) is 4.91. The zero-order chi connectivity index (χ0) is 16.3. The van der Waals surface area contributed by atoms with Gasteiger partial charge in [0, 0.05) is 25.5 Å². The van der Waals surface area contributed by atoms with Crippen LogP contribution in [-0.4, -0.2) is 61.8 Å². The second-order valence-corrected chi connectivity index (χ2v) is 8.01. The number of benzene rings is 1. The molecule has 2 rings (SSSR count). The van der Waals surface area contributed by atoms with Crippen molar-refractivity contribution < 1.29 is 17.9 Å². The van der Waals surface area contributed by atoms with Crippen LogP contribution in [0.5, 0.6) is 5.75 Å². The Morgan fingerprint density at radius 3 is 2.55 bits per heavy atom. The summed E-state index contributed by atoms with van der Waals surface area (Å²) in [5.74, 6) is 1.07. The Kier molecular flexibility index (Phi) is 5.32. The van der Waals surface area contributed by atoms with Crippen LogP contribution >= 0.6 is 11.8 Å². The van der Waals surface area contributed by atoms with Gasteiger partial charge in [-0.25, -0.2) is 0 Å². The number of methoxy groups -OCH3 is 1. The van der Waals surface area contributed by atoms with Crippen LogP contribution in [0.3, 0.4) is 0 Å². The van der Waals surface area contributed by atoms with Crippen LogP contribution in [0.25, 0.3) is 0 Å². The van der Waals surface area contributed by atoms with Crippen molar-refractivity contribution in [2.75, 3.05) is 38.2 Å². The molecule has 0 saturated carbocycles. The SMILES string of the molecule is COc1ccc(NC(=O)C2CSCN2S(=O)(=O)N(C)C)cc1. The van der Waals surface area contributed by atoms with Crippen molar-refractivity contribution in [2.24, 2.45) is 0 Å². The van der Waals surface area contributed by atoms with E-state index in [1.807, 2.05) is 0 Å². The number of hydrogen-bond acceptors (Lipinski definition) is 5. The number of anilines is 1. The van der Waals surface area contributed by atoms with Crippen LogP contribution in [0.15, 0.2) is 24.3 Å². The Balaban J connectivity index is 2.11. The predicted octanol–water partition coefficient (Wildman–Crippen LogP) is 0.815. The Labute approximate surface area is 134 Å². The summed E-state index contributed by atoms with van der Waals surface area (Å²) in [7, 11) is 0.864. The van der Waals surface area contributed by atoms with Gasteiger partial charge in [0.05, 0.1) is 13.0 Å². The van der Waals surface area contributed by atoms with Crippen molar-refractivity contribution in [3.8, 4) is 5.75 Å². The molecule has 7 nitrogen and oxygen atoms in total. The van der Waals surface area contributed by atoms with Crippen LogP contribution in [0.2, 0.25) is 0 Å². The number of hydrogen-bond donors (Lipinski definition) is 1. The zero-order valence-electron chi connectivity index (χ0n) is 12.6. The van der Waals surface area contributed by atoms with Crippen molar-refractivity contribution in [3.63, 3.8) is 0 Å². The van der Waals surface area contributed by atoms with Crippen LogP contribution < -0.4 is 10.1 Å². The number of thioether (sulfide) groups is 1. The lowest BCUT2D eigenvalue weighted by atomic mass is 10.2. The van der Waals surface area contributed by atoms with Gasteiger partial charge in [-0.2, -0.15) is 17.0 Å². The Morgan fingerprint density at radius 1 is 1.36 bits per heavy atom. The Hall–Kier alpha value is -1.29. The molecule has 0 spiro atoms. The number of amides is 1. The van der Waals surface area contributed by atoms with Gasteiger partial charge in [-0.3, -0.25) is 4.79 Å². The third-order valence-corrected chi connectivity index (χ3v) is 6.33. The first-order valence-electron chi connectivity index (χ1n) is 6.58. The molecule has 1 amide bonds. The van der Waals surface area contributed by atoms with E-state index in [-0.39, 0.29) is 11.8 Å². The fourth-order valence-electron chi connectivity index (χ4n) is 1.97. The number of rotatable bonds is 5. The van der Waals surface area contributed by atoms with E-state index in [0.717, 1.165) is 4.31 Å². The summed E-state index contributed by atoms with van der Waals surface area (Å²) in [5, 5.41) is 2.74. The van der Waals surface area contributed by atoms with Gasteiger partial charge in [-0.1, -0.05) is 0 Å². The minimum atomic E-state index is -3.61. The van der Waals surface area contributed by atoms with Gasteiger partial charge in [0.2, 0.25) is 5.91 Å². The fraction of sp³-hybridized carbons (Fsp3) is 0.462. The van der Waals surface area contributed by atoms with E-state index < -0.39 is 16.3 Å². The molecule has 1 atom stereocenters. The maximum atomic E-state index is 12.4. The minimum Gasteiger partial charge on any atom is -0.497 e. The molecule has 122 valence electrons. The number of nitrogens with one attached hydrogen (secondary N) is 1. The highest BCUT2D eigenvalue weighted by Gasteiger charge is 2.40. The summed E-state index contributed by atoms with van der Waals surface area (Å²) in [6.45, 7) is 0. The van der Waals surface area contributed by atoms with Gasteiger partial charge in [0.25, 0.3) is 10.2 Å². The van der Waals surface area contributed by atoms with E-state index >= 15 is 0 Å². The van der Waals surface area contributed by atoms with E-state index in [4.69, 9.17) is 4.74 Å². The third-order valence-electron chi connectivity index (χ3n) is 3.26. The van der Waals surface area contributed by atoms with Gasteiger partial charge in [0.15, 0.2) is 0 Å². The van der Waals surface area contributed by atoms with Gasteiger partial charge < -0.3 is 10.1 Å². The largest absolute Gasteiger partial charge is 0.497 e. The molecule has 1 heterocycles. The summed E-state index contributed by atoms with van der Waals surface area (Å²) in [6.07, 6.45) is 0. The summed E-state index contributed by atoms with van der Waals surface area (Å²) in [6, 6.07) is 6.17. The van der Waals surface area contributed by atoms with E-state index in [2.05, 4.69) is 5.32 Å². The minimum absolute atomic E-state index is 0.279. The van der Waals surface area contributed by atoms with Crippen molar-refractivity contribution in [3.05, 3.63) is 24.3 Å². The first-order chi connectivity index (χ1) is 10.4. The molecule has 0 radical (unpaired) electrons. The topological polar surface area (TPSA) is 79.0 Å². The molecule has 1 aromatic rings. The number of carbonyl (C=O) groups is 1. The Morgan fingerprint density at radius 2 is 2.00 bits per heavy atom. The van der Waals surface area contributed by atoms with Crippen LogP contribution in [-0.2, 0) is 15.0 Å². The summed E-state index contributed by atoms with van der Waals surface area (Å²) in [4.78, 5) is 12.4. The molecular weight excluding hydrogens is 326 g/mol. The van der Waals surface area contributed by atoms with Crippen molar-refractivity contribution >= 4 is 33.6 Å². The maximum Gasteiger partial charge on any atom is 0.282 e. The first kappa shape index (κ1) is 17.1. The monoisotopic (exact) mass is 345 g/mol. The normalized spacial score (nSPS) is 19.4. The van der Waals surface area contributed by atoms with Crippen LogP contribution in [0.1, 0.15) is 0 Å². The van der Waals surface area contributed by atoms with Crippen LogP contribution in [0.4, 0.5) is 5.69 Å². The highest BCUT2D eigenvalue weighted by molar-refractivity contribution is 8.00. The average Bonchev–Trinajstić information content (AvgIpc) is 2.98. The van der Waals surface area contributed by atoms with Crippen molar-refractivity contribution in [2.45, 2.75) is 6.04 Å². The molecular formula is C13H19N3O4S2. The first-order valence-corrected chi connectivity index (χ1v) is 9.13. The molecule has 1 unspecified atom stereocenters. The Bertz CT molecular complexity index is 631. The summed E-state index contributed by atoms with van der Waals surface area (Å²) >= 11 is 1.42. The van der Waals surface area contributed by atoms with Crippen LogP contribution in [0, 0.1) is 0 Å². The number of nitrogens with zero attached hydrogens (tertiary/aromatic N) is 2. The summed E-state index contributed by atoms with van der Waals surface area (Å²) in [5.41, 5.74) is 0.602. The molecule has 9 heteroatoms. The molecule has 0 aromatic heterocycles. The summed E-state index contributed by atoms with van der Waals surface area (Å²) < 4.78 is 31.8. The van der Waals surface area contributed by atoms with Gasteiger partial charge in [0.1, 0.15) is 11.8 Å².